The molecule has 0 spiro atoms. The van der Waals surface area contributed by atoms with Gasteiger partial charge in [0.2, 0.25) is 5.71 Å². The Morgan fingerprint density at radius 2 is 1.84 bits per heavy atom. The van der Waals surface area contributed by atoms with Gasteiger partial charge in [0.1, 0.15) is 11.3 Å². The lowest BCUT2D eigenvalue weighted by Gasteiger charge is -2.04. The van der Waals surface area contributed by atoms with Crippen molar-refractivity contribution in [2.75, 3.05) is 0 Å². The quantitative estimate of drug-likeness (QED) is 0.417. The van der Waals surface area contributed by atoms with E-state index in [0.717, 1.165) is 27.6 Å². The van der Waals surface area contributed by atoms with Crippen LogP contribution in [-0.2, 0) is 0 Å². The maximum Gasteiger partial charge on any atom is 0.269 e. The van der Waals surface area contributed by atoms with E-state index >= 15 is 0 Å². The maximum atomic E-state index is 10.8. The van der Waals surface area contributed by atoms with Gasteiger partial charge in [-0.15, -0.1) is 0 Å². The standard InChI is InChI=1S/C19H14N2O4/c1-10-7-11(2)20-19-17(10)16-9-14(22)8-15(18(16)25-19)12-3-5-13(6-4-12)21(23)24/h3-9,22H,1-2H3. The number of hydrogen-bond acceptors (Lipinski definition) is 5. The first-order valence-corrected chi connectivity index (χ1v) is 7.72. The lowest BCUT2D eigenvalue weighted by Crippen LogP contribution is -1.87. The summed E-state index contributed by atoms with van der Waals surface area (Å²) in [6.07, 6.45) is 0. The lowest BCUT2D eigenvalue weighted by atomic mass is 10.0. The average molecular weight is 334 g/mol. The van der Waals surface area contributed by atoms with E-state index in [1.165, 1.54) is 12.1 Å². The predicted octanol–water partition coefficient (Wildman–Crippen LogP) is 4.88. The van der Waals surface area contributed by atoms with E-state index in [1.807, 2.05) is 19.9 Å². The molecule has 0 aliphatic heterocycles. The van der Waals surface area contributed by atoms with Gasteiger partial charge in [-0.3, -0.25) is 10.1 Å². The van der Waals surface area contributed by atoms with Crippen LogP contribution in [0.2, 0.25) is 0 Å². The monoisotopic (exact) mass is 334 g/mol. The fourth-order valence-electron chi connectivity index (χ4n) is 3.19. The van der Waals surface area contributed by atoms with Crippen LogP contribution in [0.1, 0.15) is 11.3 Å². The molecule has 2 heterocycles. The molecule has 124 valence electrons. The second kappa shape index (κ2) is 5.31. The molecular formula is C19H14N2O4. The molecule has 4 rings (SSSR count). The van der Waals surface area contributed by atoms with Crippen molar-refractivity contribution < 1.29 is 14.4 Å². The van der Waals surface area contributed by atoms with Crippen molar-refractivity contribution in [1.29, 1.82) is 0 Å². The van der Waals surface area contributed by atoms with E-state index in [1.54, 1.807) is 24.3 Å². The van der Waals surface area contributed by atoms with Gasteiger partial charge >= 0.3 is 0 Å². The number of nitro benzene ring substituents is 1. The molecule has 0 saturated heterocycles. The highest BCUT2D eigenvalue weighted by Gasteiger charge is 2.17. The molecule has 1 N–H and O–H groups in total. The number of aromatic nitrogens is 1. The van der Waals surface area contributed by atoms with Gasteiger partial charge in [-0.2, -0.15) is 0 Å². The minimum atomic E-state index is -0.445. The molecule has 0 radical (unpaired) electrons. The minimum absolute atomic E-state index is 0.0119. The zero-order valence-electron chi connectivity index (χ0n) is 13.6. The number of benzene rings is 2. The molecule has 0 aliphatic carbocycles. The highest BCUT2D eigenvalue weighted by Crippen LogP contribution is 2.39. The van der Waals surface area contributed by atoms with Crippen LogP contribution in [-0.4, -0.2) is 15.0 Å². The van der Waals surface area contributed by atoms with Gasteiger partial charge in [0.05, 0.1) is 10.3 Å². The Kier molecular flexibility index (Phi) is 3.21. The van der Waals surface area contributed by atoms with Crippen LogP contribution < -0.4 is 0 Å². The fraction of sp³-hybridized carbons (Fsp3) is 0.105. The Bertz CT molecular complexity index is 1140. The Hall–Kier alpha value is -3.41. The molecule has 0 aliphatic rings. The van der Waals surface area contributed by atoms with Gasteiger partial charge in [0, 0.05) is 28.8 Å². The van der Waals surface area contributed by atoms with E-state index in [0.29, 0.717) is 16.9 Å². The van der Waals surface area contributed by atoms with Crippen LogP contribution in [0.4, 0.5) is 5.69 Å². The largest absolute Gasteiger partial charge is 0.508 e. The molecule has 2 aromatic carbocycles. The number of aromatic hydroxyl groups is 1. The first kappa shape index (κ1) is 15.1. The van der Waals surface area contributed by atoms with Crippen LogP contribution in [0.15, 0.2) is 46.9 Å². The number of phenolic OH excluding ortho intramolecular Hbond substituents is 1. The summed E-state index contributed by atoms with van der Waals surface area (Å²) in [6, 6.07) is 11.4. The summed E-state index contributed by atoms with van der Waals surface area (Å²) >= 11 is 0. The van der Waals surface area contributed by atoms with Crippen LogP contribution in [0.3, 0.4) is 0 Å². The van der Waals surface area contributed by atoms with E-state index in [2.05, 4.69) is 4.98 Å². The molecule has 0 atom stereocenters. The first-order valence-electron chi connectivity index (χ1n) is 7.72. The number of fused-ring (bicyclic) bond motifs is 3. The second-order valence-corrected chi connectivity index (χ2v) is 6.04. The molecule has 4 aromatic rings. The highest BCUT2D eigenvalue weighted by atomic mass is 16.6. The van der Waals surface area contributed by atoms with Gasteiger partial charge in [0.15, 0.2) is 0 Å². The molecule has 6 heteroatoms. The summed E-state index contributed by atoms with van der Waals surface area (Å²) in [5.41, 5.74) is 4.38. The SMILES string of the molecule is Cc1cc(C)c2c(n1)oc1c(-c3ccc([N+](=O)[O-])cc3)cc(O)cc12. The lowest BCUT2D eigenvalue weighted by molar-refractivity contribution is -0.384. The number of hydrogen-bond donors (Lipinski definition) is 1. The molecule has 0 unspecified atom stereocenters. The Morgan fingerprint density at radius 1 is 1.12 bits per heavy atom. The van der Waals surface area contributed by atoms with E-state index < -0.39 is 4.92 Å². The third-order valence-corrected chi connectivity index (χ3v) is 4.24. The number of nitrogens with zero attached hydrogens (tertiary/aromatic N) is 2. The third-order valence-electron chi connectivity index (χ3n) is 4.24. The van der Waals surface area contributed by atoms with Crippen molar-refractivity contribution in [3.63, 3.8) is 0 Å². The van der Waals surface area contributed by atoms with Crippen LogP contribution in [0, 0.1) is 24.0 Å². The van der Waals surface area contributed by atoms with Gasteiger partial charge in [0.25, 0.3) is 5.69 Å². The maximum absolute atomic E-state index is 10.8. The molecule has 25 heavy (non-hydrogen) atoms. The van der Waals surface area contributed by atoms with Crippen LogP contribution >= 0.6 is 0 Å². The zero-order chi connectivity index (χ0) is 17.7. The highest BCUT2D eigenvalue weighted by molar-refractivity contribution is 6.10. The number of phenols is 1. The fourth-order valence-corrected chi connectivity index (χ4v) is 3.19. The number of nitro groups is 1. The van der Waals surface area contributed by atoms with E-state index in [4.69, 9.17) is 4.42 Å². The molecule has 0 bridgehead atoms. The molecule has 2 aromatic heterocycles. The summed E-state index contributed by atoms with van der Waals surface area (Å²) < 4.78 is 5.98. The molecule has 6 nitrogen and oxygen atoms in total. The zero-order valence-corrected chi connectivity index (χ0v) is 13.6. The predicted molar refractivity (Wildman–Crippen MR) is 94.7 cm³/mol. The Morgan fingerprint density at radius 3 is 2.52 bits per heavy atom. The van der Waals surface area contributed by atoms with Gasteiger partial charge in [-0.25, -0.2) is 4.98 Å². The number of non-ortho nitro benzene ring substituents is 1. The molecule has 0 saturated carbocycles. The van der Waals surface area contributed by atoms with Crippen molar-refractivity contribution in [3.8, 4) is 16.9 Å². The summed E-state index contributed by atoms with van der Waals surface area (Å²) in [6.45, 7) is 3.87. The van der Waals surface area contributed by atoms with Gasteiger partial charge < -0.3 is 9.52 Å². The number of pyridine rings is 1. The summed E-state index contributed by atoms with van der Waals surface area (Å²) in [7, 11) is 0. The van der Waals surface area contributed by atoms with Crippen molar-refractivity contribution in [3.05, 3.63) is 63.8 Å². The number of aryl methyl sites for hydroxylation is 2. The Labute approximate surface area is 142 Å². The molecular weight excluding hydrogens is 320 g/mol. The minimum Gasteiger partial charge on any atom is -0.508 e. The normalized spacial score (nSPS) is 11.3. The van der Waals surface area contributed by atoms with Crippen LogP contribution in [0.25, 0.3) is 33.2 Å². The van der Waals surface area contributed by atoms with Gasteiger partial charge in [-0.05, 0) is 55.3 Å². The van der Waals surface area contributed by atoms with Crippen molar-refractivity contribution in [2.45, 2.75) is 13.8 Å². The smallest absolute Gasteiger partial charge is 0.269 e. The molecule has 0 fully saturated rings. The first-order chi connectivity index (χ1) is 11.9. The third kappa shape index (κ3) is 2.39. The summed E-state index contributed by atoms with van der Waals surface area (Å²) in [4.78, 5) is 14.8. The van der Waals surface area contributed by atoms with Crippen molar-refractivity contribution in [1.82, 2.24) is 4.98 Å². The van der Waals surface area contributed by atoms with Crippen molar-refractivity contribution in [2.24, 2.45) is 0 Å². The average Bonchev–Trinajstić information content (AvgIpc) is 2.92. The van der Waals surface area contributed by atoms with Crippen molar-refractivity contribution >= 4 is 27.8 Å². The summed E-state index contributed by atoms with van der Waals surface area (Å²) in [5.74, 6) is 0.100. The topological polar surface area (TPSA) is 89.4 Å². The number of furan rings is 1. The second-order valence-electron chi connectivity index (χ2n) is 6.04. The molecule has 0 amide bonds. The van der Waals surface area contributed by atoms with Crippen LogP contribution in [0.5, 0.6) is 5.75 Å². The van der Waals surface area contributed by atoms with Gasteiger partial charge in [-0.1, -0.05) is 0 Å². The number of rotatable bonds is 2. The Balaban J connectivity index is 2.04. The summed E-state index contributed by atoms with van der Waals surface area (Å²) in [5, 5.41) is 22.6. The van der Waals surface area contributed by atoms with E-state index in [-0.39, 0.29) is 11.4 Å². The van der Waals surface area contributed by atoms with E-state index in [9.17, 15) is 15.2 Å².